The number of benzene rings is 1. The molecule has 0 aromatic heterocycles. The molecule has 0 bridgehead atoms. The van der Waals surface area contributed by atoms with E-state index in [0.717, 1.165) is 22.3 Å². The van der Waals surface area contributed by atoms with Crippen LogP contribution in [-0.4, -0.2) is 31.7 Å². The van der Waals surface area contributed by atoms with Crippen molar-refractivity contribution in [3.05, 3.63) is 28.3 Å². The Morgan fingerprint density at radius 1 is 1.18 bits per heavy atom. The maximum absolute atomic E-state index is 13.1. The van der Waals surface area contributed by atoms with Gasteiger partial charge in [-0.25, -0.2) is 8.42 Å². The summed E-state index contributed by atoms with van der Waals surface area (Å²) in [4.78, 5) is 11.8. The number of hydrogen-bond acceptors (Lipinski definition) is 3. The Labute approximate surface area is 132 Å². The molecule has 0 saturated carbocycles. The number of sulfonamides is 1. The number of nitrogens with zero attached hydrogens (tertiary/aromatic N) is 1. The second-order valence-electron chi connectivity index (χ2n) is 6.19. The maximum atomic E-state index is 13.1. The van der Waals surface area contributed by atoms with Crippen LogP contribution < -0.4 is 5.73 Å². The van der Waals surface area contributed by atoms with Gasteiger partial charge >= 0.3 is 0 Å². The standard InChI is InChI=1S/C16H24N2O3S/c1-10-8-11(2)13(4)15(12(10)3)22(20,21)18-7-5-6-14(9-18)16(17)19/h8,14H,5-7,9H2,1-4H3,(H2,17,19)/t14-/m0/s1. The highest BCUT2D eigenvalue weighted by molar-refractivity contribution is 7.89. The van der Waals surface area contributed by atoms with E-state index in [1.54, 1.807) is 0 Å². The third-order valence-electron chi connectivity index (χ3n) is 4.68. The lowest BCUT2D eigenvalue weighted by molar-refractivity contribution is -0.122. The monoisotopic (exact) mass is 324 g/mol. The summed E-state index contributed by atoms with van der Waals surface area (Å²) >= 11 is 0. The average Bonchev–Trinajstić information content (AvgIpc) is 2.45. The van der Waals surface area contributed by atoms with Gasteiger partial charge in [-0.3, -0.25) is 4.79 Å². The number of carbonyl (C=O) groups is 1. The molecule has 1 atom stereocenters. The van der Waals surface area contributed by atoms with E-state index in [1.807, 2.05) is 33.8 Å². The van der Waals surface area contributed by atoms with Crippen molar-refractivity contribution in [3.8, 4) is 0 Å². The number of piperidine rings is 1. The van der Waals surface area contributed by atoms with Crippen molar-refractivity contribution < 1.29 is 13.2 Å². The average molecular weight is 324 g/mol. The molecule has 2 N–H and O–H groups in total. The first-order valence-electron chi connectivity index (χ1n) is 7.53. The summed E-state index contributed by atoms with van der Waals surface area (Å²) in [5.41, 5.74) is 8.85. The smallest absolute Gasteiger partial charge is 0.243 e. The lowest BCUT2D eigenvalue weighted by Gasteiger charge is -2.31. The van der Waals surface area contributed by atoms with E-state index in [9.17, 15) is 13.2 Å². The number of carbonyl (C=O) groups excluding carboxylic acids is 1. The molecule has 1 aromatic carbocycles. The van der Waals surface area contributed by atoms with Crippen molar-refractivity contribution in [1.29, 1.82) is 0 Å². The second-order valence-corrected chi connectivity index (χ2v) is 8.07. The van der Waals surface area contributed by atoms with Gasteiger partial charge in [-0.15, -0.1) is 0 Å². The summed E-state index contributed by atoms with van der Waals surface area (Å²) in [6, 6.07) is 2.01. The predicted molar refractivity (Wildman–Crippen MR) is 86.1 cm³/mol. The van der Waals surface area contributed by atoms with Gasteiger partial charge in [-0.1, -0.05) is 6.07 Å². The molecular weight excluding hydrogens is 300 g/mol. The first-order chi connectivity index (χ1) is 10.2. The van der Waals surface area contributed by atoms with Crippen LogP contribution in [0.1, 0.15) is 35.1 Å². The Balaban J connectivity index is 2.50. The first kappa shape index (κ1) is 17.0. The van der Waals surface area contributed by atoms with Crippen molar-refractivity contribution in [3.63, 3.8) is 0 Å². The van der Waals surface area contributed by atoms with Gasteiger partial charge in [0, 0.05) is 13.1 Å². The van der Waals surface area contributed by atoms with Gasteiger partial charge in [0.05, 0.1) is 10.8 Å². The van der Waals surface area contributed by atoms with Crippen molar-refractivity contribution >= 4 is 15.9 Å². The molecule has 2 rings (SSSR count). The predicted octanol–water partition coefficient (Wildman–Crippen LogP) is 1.81. The van der Waals surface area contributed by atoms with E-state index in [-0.39, 0.29) is 6.54 Å². The molecule has 6 heteroatoms. The molecule has 1 amide bonds. The molecule has 1 fully saturated rings. The van der Waals surface area contributed by atoms with Crippen molar-refractivity contribution in [2.75, 3.05) is 13.1 Å². The fourth-order valence-electron chi connectivity index (χ4n) is 3.09. The Kier molecular flexibility index (Phi) is 4.63. The molecule has 5 nitrogen and oxygen atoms in total. The minimum atomic E-state index is -3.61. The van der Waals surface area contributed by atoms with Gasteiger partial charge < -0.3 is 5.73 Å². The molecule has 1 aliphatic rings. The molecule has 1 aliphatic heterocycles. The lowest BCUT2D eigenvalue weighted by Crippen LogP contribution is -2.44. The summed E-state index contributed by atoms with van der Waals surface area (Å²) in [5, 5.41) is 0. The van der Waals surface area contributed by atoms with Gasteiger partial charge in [0.15, 0.2) is 0 Å². The zero-order valence-corrected chi connectivity index (χ0v) is 14.5. The highest BCUT2D eigenvalue weighted by atomic mass is 32.2. The Bertz CT molecular complexity index is 684. The molecule has 1 heterocycles. The van der Waals surface area contributed by atoms with Crippen LogP contribution in [0.4, 0.5) is 0 Å². The highest BCUT2D eigenvalue weighted by Gasteiger charge is 2.34. The van der Waals surface area contributed by atoms with E-state index in [2.05, 4.69) is 0 Å². The largest absolute Gasteiger partial charge is 0.369 e. The number of aryl methyl sites for hydroxylation is 2. The van der Waals surface area contributed by atoms with Gasteiger partial charge in [0.25, 0.3) is 0 Å². The van der Waals surface area contributed by atoms with E-state index >= 15 is 0 Å². The van der Waals surface area contributed by atoms with Gasteiger partial charge in [-0.05, 0) is 62.8 Å². The quantitative estimate of drug-likeness (QED) is 0.920. The normalized spacial score (nSPS) is 20.1. The van der Waals surface area contributed by atoms with E-state index in [1.165, 1.54) is 4.31 Å². The molecule has 122 valence electrons. The fraction of sp³-hybridized carbons (Fsp3) is 0.562. The zero-order valence-electron chi connectivity index (χ0n) is 13.6. The van der Waals surface area contributed by atoms with Crippen LogP contribution in [0.3, 0.4) is 0 Å². The van der Waals surface area contributed by atoms with Gasteiger partial charge in [0.1, 0.15) is 0 Å². The first-order valence-corrected chi connectivity index (χ1v) is 8.97. The third-order valence-corrected chi connectivity index (χ3v) is 6.82. The van der Waals surface area contributed by atoms with Crippen LogP contribution in [-0.2, 0) is 14.8 Å². The molecule has 0 aliphatic carbocycles. The number of hydrogen-bond donors (Lipinski definition) is 1. The molecule has 1 aromatic rings. The summed E-state index contributed by atoms with van der Waals surface area (Å²) in [6.45, 7) is 8.14. The second kappa shape index (κ2) is 6.01. The van der Waals surface area contributed by atoms with Crippen LogP contribution in [0.5, 0.6) is 0 Å². The van der Waals surface area contributed by atoms with E-state index < -0.39 is 21.8 Å². The third kappa shape index (κ3) is 2.90. The minimum absolute atomic E-state index is 0.184. The zero-order chi connectivity index (χ0) is 16.7. The SMILES string of the molecule is Cc1cc(C)c(C)c(S(=O)(=O)N2CCC[C@H](C(N)=O)C2)c1C. The van der Waals surface area contributed by atoms with E-state index in [4.69, 9.17) is 5.73 Å². The van der Waals surface area contributed by atoms with Crippen molar-refractivity contribution in [2.24, 2.45) is 11.7 Å². The fourth-order valence-corrected chi connectivity index (χ4v) is 5.19. The van der Waals surface area contributed by atoms with Gasteiger partial charge in [-0.2, -0.15) is 4.31 Å². The summed E-state index contributed by atoms with van der Waals surface area (Å²) in [6.07, 6.45) is 1.32. The topological polar surface area (TPSA) is 80.5 Å². The van der Waals surface area contributed by atoms with Crippen LogP contribution in [0.15, 0.2) is 11.0 Å². The Hall–Kier alpha value is -1.40. The molecule has 0 radical (unpaired) electrons. The minimum Gasteiger partial charge on any atom is -0.369 e. The number of primary amides is 1. The molecule has 22 heavy (non-hydrogen) atoms. The van der Waals surface area contributed by atoms with Crippen molar-refractivity contribution in [2.45, 2.75) is 45.4 Å². The molecule has 0 unspecified atom stereocenters. The van der Waals surface area contributed by atoms with Crippen LogP contribution in [0.25, 0.3) is 0 Å². The number of amides is 1. The maximum Gasteiger partial charge on any atom is 0.243 e. The van der Waals surface area contributed by atoms with Crippen LogP contribution in [0, 0.1) is 33.6 Å². The number of rotatable bonds is 3. The molecule has 0 spiro atoms. The lowest BCUT2D eigenvalue weighted by atomic mass is 9.99. The van der Waals surface area contributed by atoms with Crippen molar-refractivity contribution in [1.82, 2.24) is 4.31 Å². The molecule has 1 saturated heterocycles. The van der Waals surface area contributed by atoms with Gasteiger partial charge in [0.2, 0.25) is 15.9 Å². The van der Waals surface area contributed by atoms with Crippen LogP contribution >= 0.6 is 0 Å². The summed E-state index contributed by atoms with van der Waals surface area (Å²) in [7, 11) is -3.61. The molecular formula is C16H24N2O3S. The highest BCUT2D eigenvalue weighted by Crippen LogP contribution is 2.31. The number of nitrogens with two attached hydrogens (primary N) is 1. The summed E-state index contributed by atoms with van der Waals surface area (Å²) < 4.78 is 27.6. The van der Waals surface area contributed by atoms with E-state index in [0.29, 0.717) is 24.3 Å². The summed E-state index contributed by atoms with van der Waals surface area (Å²) in [5.74, 6) is -0.816. The Morgan fingerprint density at radius 3 is 2.23 bits per heavy atom. The van der Waals surface area contributed by atoms with Crippen LogP contribution in [0.2, 0.25) is 0 Å². The Morgan fingerprint density at radius 2 is 1.73 bits per heavy atom.